The molecule has 1 nitrogen and oxygen atoms in total. The van der Waals surface area contributed by atoms with E-state index in [0.717, 1.165) is 35.0 Å². The Kier molecular flexibility index (Phi) is 7.20. The summed E-state index contributed by atoms with van der Waals surface area (Å²) in [5, 5.41) is 5.17. The molecule has 1 N–H and O–H groups in total. The molecule has 0 aromatic heterocycles. The first-order valence-corrected chi connectivity index (χ1v) is 7.88. The summed E-state index contributed by atoms with van der Waals surface area (Å²) in [7, 11) is 0. The van der Waals surface area contributed by atoms with Crippen molar-refractivity contribution in [3.63, 3.8) is 0 Å². The fourth-order valence-corrected chi connectivity index (χ4v) is 2.86. The number of benzene rings is 1. The molecule has 108 valence electrons. The summed E-state index contributed by atoms with van der Waals surface area (Å²) in [4.78, 5) is 0. The summed E-state index contributed by atoms with van der Waals surface area (Å²) < 4.78 is 0. The zero-order chi connectivity index (χ0) is 14.4. The van der Waals surface area contributed by atoms with Gasteiger partial charge in [0.15, 0.2) is 0 Å². The lowest BCUT2D eigenvalue weighted by molar-refractivity contribution is 0.289. The van der Waals surface area contributed by atoms with Crippen LogP contribution in [0.2, 0.25) is 10.0 Å². The minimum atomic E-state index is 0.481. The summed E-state index contributed by atoms with van der Waals surface area (Å²) in [5.74, 6) is 1.16. The van der Waals surface area contributed by atoms with Crippen LogP contribution in [0.5, 0.6) is 0 Å². The van der Waals surface area contributed by atoms with Crippen LogP contribution in [0.15, 0.2) is 18.2 Å². The van der Waals surface area contributed by atoms with Gasteiger partial charge in [0.1, 0.15) is 0 Å². The number of hydrogen-bond donors (Lipinski definition) is 1. The second-order valence-electron chi connectivity index (χ2n) is 5.59. The minimum Gasteiger partial charge on any atom is -0.314 e. The van der Waals surface area contributed by atoms with Crippen molar-refractivity contribution in [2.45, 2.75) is 46.6 Å². The Morgan fingerprint density at radius 1 is 1.16 bits per heavy atom. The molecule has 0 fully saturated rings. The van der Waals surface area contributed by atoms with Crippen molar-refractivity contribution in [2.24, 2.45) is 11.8 Å². The maximum Gasteiger partial charge on any atom is 0.0439 e. The fraction of sp³-hybridized carbons (Fsp3) is 0.625. The molecule has 0 aliphatic heterocycles. The average molecular weight is 302 g/mol. The van der Waals surface area contributed by atoms with Crippen molar-refractivity contribution in [1.29, 1.82) is 0 Å². The Morgan fingerprint density at radius 3 is 2.42 bits per heavy atom. The molecule has 0 aliphatic rings. The quantitative estimate of drug-likeness (QED) is 0.730. The maximum absolute atomic E-state index is 6.27. The Balaban J connectivity index is 2.80. The first kappa shape index (κ1) is 16.8. The second kappa shape index (κ2) is 8.14. The van der Waals surface area contributed by atoms with Gasteiger partial charge in [0, 0.05) is 16.1 Å². The largest absolute Gasteiger partial charge is 0.314 e. The van der Waals surface area contributed by atoms with E-state index in [0.29, 0.717) is 17.9 Å². The third-order valence-electron chi connectivity index (χ3n) is 3.68. The van der Waals surface area contributed by atoms with Gasteiger partial charge in [0.05, 0.1) is 0 Å². The summed E-state index contributed by atoms with van der Waals surface area (Å²) in [5.41, 5.74) is 1.15. The Labute approximate surface area is 127 Å². The predicted molar refractivity (Wildman–Crippen MR) is 86.2 cm³/mol. The van der Waals surface area contributed by atoms with Crippen molar-refractivity contribution in [2.75, 3.05) is 6.54 Å². The van der Waals surface area contributed by atoms with Crippen LogP contribution in [0.3, 0.4) is 0 Å². The molecule has 0 spiro atoms. The summed E-state index contributed by atoms with van der Waals surface area (Å²) >= 11 is 12.3. The number of rotatable bonds is 7. The van der Waals surface area contributed by atoms with Crippen molar-refractivity contribution >= 4 is 23.2 Å². The predicted octanol–water partition coefficient (Wildman–Crippen LogP) is 5.20. The molecule has 1 aromatic rings. The van der Waals surface area contributed by atoms with Crippen LogP contribution < -0.4 is 5.32 Å². The number of nitrogens with one attached hydrogen (secondary N) is 1. The van der Waals surface area contributed by atoms with Crippen LogP contribution in [0.1, 0.15) is 39.7 Å². The van der Waals surface area contributed by atoms with Crippen molar-refractivity contribution in [1.82, 2.24) is 5.32 Å². The smallest absolute Gasteiger partial charge is 0.0439 e. The van der Waals surface area contributed by atoms with Gasteiger partial charge in [0.25, 0.3) is 0 Å². The van der Waals surface area contributed by atoms with Gasteiger partial charge in [-0.3, -0.25) is 0 Å². The molecule has 19 heavy (non-hydrogen) atoms. The Hall–Kier alpha value is -0.240. The normalized spacial score (nSPS) is 14.7. The molecule has 1 aromatic carbocycles. The van der Waals surface area contributed by atoms with Crippen molar-refractivity contribution in [3.05, 3.63) is 33.8 Å². The maximum atomic E-state index is 6.27. The first-order chi connectivity index (χ1) is 8.95. The average Bonchev–Trinajstić information content (AvgIpc) is 2.36. The summed E-state index contributed by atoms with van der Waals surface area (Å²) in [6.07, 6.45) is 2.13. The first-order valence-electron chi connectivity index (χ1n) is 7.13. The van der Waals surface area contributed by atoms with Crippen LogP contribution in [-0.2, 0) is 6.42 Å². The summed E-state index contributed by atoms with van der Waals surface area (Å²) in [6.45, 7) is 10.1. The van der Waals surface area contributed by atoms with E-state index in [4.69, 9.17) is 23.2 Å². The molecule has 3 heteroatoms. The molecule has 0 radical (unpaired) electrons. The van der Waals surface area contributed by atoms with Crippen molar-refractivity contribution in [3.8, 4) is 0 Å². The van der Waals surface area contributed by atoms with Crippen LogP contribution in [0.4, 0.5) is 0 Å². The van der Waals surface area contributed by atoms with Gasteiger partial charge in [-0.05, 0) is 61.9 Å². The third kappa shape index (κ3) is 5.33. The van der Waals surface area contributed by atoms with E-state index in [-0.39, 0.29) is 0 Å². The fourth-order valence-electron chi connectivity index (χ4n) is 2.47. The molecule has 0 bridgehead atoms. The highest BCUT2D eigenvalue weighted by Gasteiger charge is 2.21. The van der Waals surface area contributed by atoms with E-state index in [1.54, 1.807) is 0 Å². The lowest BCUT2D eigenvalue weighted by Crippen LogP contribution is -2.37. The van der Waals surface area contributed by atoms with Crippen LogP contribution in [0.25, 0.3) is 0 Å². The van der Waals surface area contributed by atoms with Crippen LogP contribution >= 0.6 is 23.2 Å². The topological polar surface area (TPSA) is 12.0 Å². The van der Waals surface area contributed by atoms with Gasteiger partial charge in [0.2, 0.25) is 0 Å². The Bertz CT molecular complexity index is 390. The van der Waals surface area contributed by atoms with Gasteiger partial charge in [-0.2, -0.15) is 0 Å². The molecule has 2 atom stereocenters. The highest BCUT2D eigenvalue weighted by Crippen LogP contribution is 2.27. The van der Waals surface area contributed by atoms with Crippen LogP contribution in [0, 0.1) is 11.8 Å². The zero-order valence-corrected chi connectivity index (χ0v) is 13.9. The molecule has 0 saturated heterocycles. The lowest BCUT2D eigenvalue weighted by atomic mass is 9.84. The van der Waals surface area contributed by atoms with Gasteiger partial charge < -0.3 is 5.32 Å². The number of hydrogen-bond acceptors (Lipinski definition) is 1. The number of halogens is 2. The molecule has 0 saturated carbocycles. The molecule has 2 unspecified atom stereocenters. The highest BCUT2D eigenvalue weighted by molar-refractivity contribution is 6.33. The van der Waals surface area contributed by atoms with Gasteiger partial charge >= 0.3 is 0 Å². The highest BCUT2D eigenvalue weighted by atomic mass is 35.5. The third-order valence-corrected chi connectivity index (χ3v) is 4.28. The van der Waals surface area contributed by atoms with E-state index in [1.165, 1.54) is 0 Å². The second-order valence-corrected chi connectivity index (χ2v) is 6.43. The SMILES string of the molecule is CCCNC(C)C(Cc1cc(Cl)ccc1Cl)C(C)C. The minimum absolute atomic E-state index is 0.481. The Morgan fingerprint density at radius 2 is 1.84 bits per heavy atom. The molecule has 0 aliphatic carbocycles. The molecule has 0 heterocycles. The molecular formula is C16H25Cl2N. The van der Waals surface area contributed by atoms with E-state index >= 15 is 0 Å². The monoisotopic (exact) mass is 301 g/mol. The lowest BCUT2D eigenvalue weighted by Gasteiger charge is -2.29. The zero-order valence-electron chi connectivity index (χ0n) is 12.3. The van der Waals surface area contributed by atoms with E-state index in [2.05, 4.69) is 33.0 Å². The van der Waals surface area contributed by atoms with E-state index in [9.17, 15) is 0 Å². The molecule has 0 amide bonds. The van der Waals surface area contributed by atoms with Gasteiger partial charge in [-0.15, -0.1) is 0 Å². The summed E-state index contributed by atoms with van der Waals surface area (Å²) in [6, 6.07) is 6.21. The van der Waals surface area contributed by atoms with E-state index in [1.807, 2.05) is 18.2 Å². The standard InChI is InChI=1S/C16H25Cl2N/c1-5-8-19-12(4)15(11(2)3)10-13-9-14(17)6-7-16(13)18/h6-7,9,11-12,15,19H,5,8,10H2,1-4H3. The van der Waals surface area contributed by atoms with Crippen LogP contribution in [-0.4, -0.2) is 12.6 Å². The van der Waals surface area contributed by atoms with E-state index < -0.39 is 0 Å². The van der Waals surface area contributed by atoms with Gasteiger partial charge in [-0.25, -0.2) is 0 Å². The molecular weight excluding hydrogens is 277 g/mol. The molecule has 1 rings (SSSR count). The van der Waals surface area contributed by atoms with Gasteiger partial charge in [-0.1, -0.05) is 44.0 Å². The van der Waals surface area contributed by atoms with Crippen molar-refractivity contribution < 1.29 is 0 Å².